The Kier molecular flexibility index (Phi) is 5.00. The molecule has 0 aliphatic heterocycles. The zero-order valence-corrected chi connectivity index (χ0v) is 9.76. The molecule has 0 aromatic heterocycles. The summed E-state index contributed by atoms with van der Waals surface area (Å²) in [6.45, 7) is 2.19. The van der Waals surface area contributed by atoms with Gasteiger partial charge in [-0.3, -0.25) is 4.79 Å². The molecule has 0 aromatic rings. The number of unbranched alkanes of at least 4 members (excludes halogenated alkanes) is 4. The Morgan fingerprint density at radius 3 is 2.53 bits per heavy atom. The SMILES string of the molecule is CCCCCCCC1(C=O)CCCC1=O. The lowest BCUT2D eigenvalue weighted by molar-refractivity contribution is -0.132. The van der Waals surface area contributed by atoms with Gasteiger partial charge in [0.15, 0.2) is 0 Å². The Bertz CT molecular complexity index is 223. The molecule has 1 saturated carbocycles. The first-order valence-electron chi connectivity index (χ1n) is 6.25. The van der Waals surface area contributed by atoms with Crippen LogP contribution in [0.15, 0.2) is 0 Å². The average Bonchev–Trinajstić information content (AvgIpc) is 2.61. The fourth-order valence-corrected chi connectivity index (χ4v) is 2.44. The van der Waals surface area contributed by atoms with Crippen LogP contribution in [0.5, 0.6) is 0 Å². The van der Waals surface area contributed by atoms with Gasteiger partial charge < -0.3 is 4.79 Å². The van der Waals surface area contributed by atoms with Gasteiger partial charge in [-0.05, 0) is 19.3 Å². The molecule has 1 fully saturated rings. The molecule has 2 heteroatoms. The molecule has 1 atom stereocenters. The van der Waals surface area contributed by atoms with E-state index in [1.807, 2.05) is 0 Å². The van der Waals surface area contributed by atoms with Crippen LogP contribution in [-0.2, 0) is 9.59 Å². The Balaban J connectivity index is 2.28. The predicted molar refractivity (Wildman–Crippen MR) is 60.7 cm³/mol. The number of hydrogen-bond acceptors (Lipinski definition) is 2. The van der Waals surface area contributed by atoms with E-state index in [9.17, 15) is 9.59 Å². The first-order valence-corrected chi connectivity index (χ1v) is 6.25. The van der Waals surface area contributed by atoms with E-state index in [1.54, 1.807) is 0 Å². The lowest BCUT2D eigenvalue weighted by atomic mass is 9.81. The van der Waals surface area contributed by atoms with Gasteiger partial charge >= 0.3 is 0 Å². The number of carbonyl (C=O) groups is 2. The monoisotopic (exact) mass is 210 g/mol. The smallest absolute Gasteiger partial charge is 0.146 e. The summed E-state index contributed by atoms with van der Waals surface area (Å²) < 4.78 is 0. The van der Waals surface area contributed by atoms with Gasteiger partial charge in [-0.2, -0.15) is 0 Å². The molecular weight excluding hydrogens is 188 g/mol. The van der Waals surface area contributed by atoms with Gasteiger partial charge in [0.1, 0.15) is 12.1 Å². The van der Waals surface area contributed by atoms with E-state index in [2.05, 4.69) is 6.92 Å². The molecule has 0 amide bonds. The number of hydrogen-bond donors (Lipinski definition) is 0. The molecule has 1 unspecified atom stereocenters. The van der Waals surface area contributed by atoms with Crippen molar-refractivity contribution in [2.75, 3.05) is 0 Å². The van der Waals surface area contributed by atoms with E-state index >= 15 is 0 Å². The van der Waals surface area contributed by atoms with E-state index in [0.717, 1.165) is 38.4 Å². The van der Waals surface area contributed by atoms with Crippen LogP contribution < -0.4 is 0 Å². The summed E-state index contributed by atoms with van der Waals surface area (Å²) in [5.41, 5.74) is -0.577. The zero-order valence-electron chi connectivity index (χ0n) is 9.76. The second-order valence-electron chi connectivity index (χ2n) is 4.71. The third kappa shape index (κ3) is 3.15. The molecule has 0 N–H and O–H groups in total. The van der Waals surface area contributed by atoms with E-state index in [0.29, 0.717) is 6.42 Å². The van der Waals surface area contributed by atoms with Crippen LogP contribution in [0.4, 0.5) is 0 Å². The maximum absolute atomic E-state index is 11.6. The van der Waals surface area contributed by atoms with Crippen molar-refractivity contribution < 1.29 is 9.59 Å². The average molecular weight is 210 g/mol. The van der Waals surface area contributed by atoms with Crippen molar-refractivity contribution in [3.8, 4) is 0 Å². The van der Waals surface area contributed by atoms with Crippen molar-refractivity contribution in [1.82, 2.24) is 0 Å². The molecule has 0 radical (unpaired) electrons. The normalized spacial score (nSPS) is 25.8. The summed E-state index contributed by atoms with van der Waals surface area (Å²) in [5.74, 6) is 0.188. The molecule has 1 rings (SSSR count). The Hall–Kier alpha value is -0.660. The molecule has 0 saturated heterocycles. The van der Waals surface area contributed by atoms with E-state index in [1.165, 1.54) is 19.3 Å². The predicted octanol–water partition coefficient (Wildman–Crippen LogP) is 3.29. The minimum atomic E-state index is -0.577. The van der Waals surface area contributed by atoms with Crippen molar-refractivity contribution in [2.45, 2.75) is 64.7 Å². The molecule has 0 spiro atoms. The summed E-state index contributed by atoms with van der Waals surface area (Å²) in [6.07, 6.45) is 9.96. The Labute approximate surface area is 92.4 Å². The number of rotatable bonds is 7. The number of aldehydes is 1. The van der Waals surface area contributed by atoms with Crippen molar-refractivity contribution in [3.05, 3.63) is 0 Å². The van der Waals surface area contributed by atoms with Crippen LogP contribution in [0.25, 0.3) is 0 Å². The lowest BCUT2D eigenvalue weighted by Crippen LogP contribution is -2.27. The second kappa shape index (κ2) is 6.04. The third-order valence-corrected chi connectivity index (χ3v) is 3.53. The highest BCUT2D eigenvalue weighted by molar-refractivity contribution is 5.99. The second-order valence-corrected chi connectivity index (χ2v) is 4.71. The molecule has 15 heavy (non-hydrogen) atoms. The summed E-state index contributed by atoms with van der Waals surface area (Å²) in [7, 11) is 0. The van der Waals surface area contributed by atoms with Gasteiger partial charge in [-0.15, -0.1) is 0 Å². The van der Waals surface area contributed by atoms with Crippen LogP contribution >= 0.6 is 0 Å². The highest BCUT2D eigenvalue weighted by atomic mass is 16.1. The highest BCUT2D eigenvalue weighted by Gasteiger charge is 2.40. The van der Waals surface area contributed by atoms with Gasteiger partial charge in [0.05, 0.1) is 5.41 Å². The Morgan fingerprint density at radius 2 is 2.00 bits per heavy atom. The standard InChI is InChI=1S/C13H22O2/c1-2-3-4-5-6-9-13(11-14)10-7-8-12(13)15/h11H,2-10H2,1H3. The van der Waals surface area contributed by atoms with E-state index in [-0.39, 0.29) is 5.78 Å². The Morgan fingerprint density at radius 1 is 1.27 bits per heavy atom. The minimum Gasteiger partial charge on any atom is -0.302 e. The van der Waals surface area contributed by atoms with Crippen LogP contribution in [0.2, 0.25) is 0 Å². The van der Waals surface area contributed by atoms with Crippen molar-refractivity contribution >= 4 is 12.1 Å². The molecule has 0 bridgehead atoms. The topological polar surface area (TPSA) is 34.1 Å². The fourth-order valence-electron chi connectivity index (χ4n) is 2.44. The molecule has 1 aliphatic carbocycles. The molecule has 0 aromatic carbocycles. The molecule has 1 aliphatic rings. The molecule has 0 heterocycles. The van der Waals surface area contributed by atoms with Crippen LogP contribution in [0, 0.1) is 5.41 Å². The van der Waals surface area contributed by atoms with Crippen LogP contribution in [0.3, 0.4) is 0 Å². The van der Waals surface area contributed by atoms with E-state index < -0.39 is 5.41 Å². The fraction of sp³-hybridized carbons (Fsp3) is 0.846. The lowest BCUT2D eigenvalue weighted by Gasteiger charge is -2.19. The third-order valence-electron chi connectivity index (χ3n) is 3.53. The van der Waals surface area contributed by atoms with Crippen molar-refractivity contribution in [1.29, 1.82) is 0 Å². The first kappa shape index (κ1) is 12.4. The minimum absolute atomic E-state index is 0.188. The summed E-state index contributed by atoms with van der Waals surface area (Å²) in [4.78, 5) is 22.7. The maximum atomic E-state index is 11.6. The van der Waals surface area contributed by atoms with Gasteiger partial charge in [0.2, 0.25) is 0 Å². The summed E-state index contributed by atoms with van der Waals surface area (Å²) in [5, 5.41) is 0. The van der Waals surface area contributed by atoms with Gasteiger partial charge in [0, 0.05) is 6.42 Å². The van der Waals surface area contributed by atoms with Gasteiger partial charge in [-0.25, -0.2) is 0 Å². The number of Topliss-reactive ketones (excluding diaryl/α,β-unsaturated/α-hetero) is 1. The summed E-state index contributed by atoms with van der Waals surface area (Å²) >= 11 is 0. The van der Waals surface area contributed by atoms with E-state index in [4.69, 9.17) is 0 Å². The van der Waals surface area contributed by atoms with Crippen molar-refractivity contribution in [2.24, 2.45) is 5.41 Å². The van der Waals surface area contributed by atoms with Crippen LogP contribution in [-0.4, -0.2) is 12.1 Å². The zero-order chi connectivity index (χ0) is 11.1. The highest BCUT2D eigenvalue weighted by Crippen LogP contribution is 2.37. The van der Waals surface area contributed by atoms with Gasteiger partial charge in [0.25, 0.3) is 0 Å². The number of carbonyl (C=O) groups excluding carboxylic acids is 2. The maximum Gasteiger partial charge on any atom is 0.146 e. The van der Waals surface area contributed by atoms with Crippen molar-refractivity contribution in [3.63, 3.8) is 0 Å². The van der Waals surface area contributed by atoms with Gasteiger partial charge in [-0.1, -0.05) is 39.0 Å². The van der Waals surface area contributed by atoms with Crippen LogP contribution in [0.1, 0.15) is 64.7 Å². The molecule has 86 valence electrons. The quantitative estimate of drug-likeness (QED) is 0.367. The molecular formula is C13H22O2. The number of ketones is 1. The largest absolute Gasteiger partial charge is 0.302 e. The summed E-state index contributed by atoms with van der Waals surface area (Å²) in [6, 6.07) is 0. The molecule has 2 nitrogen and oxygen atoms in total. The first-order chi connectivity index (χ1) is 7.25.